The number of rotatable bonds is 11. The molecule has 0 aromatic rings. The Morgan fingerprint density at radius 3 is 2.41 bits per heavy atom. The highest BCUT2D eigenvalue weighted by Gasteiger charge is 2.08. The lowest BCUT2D eigenvalue weighted by atomic mass is 10.2. The Labute approximate surface area is 105 Å². The quantitative estimate of drug-likeness (QED) is 0.541. The first-order valence-corrected chi connectivity index (χ1v) is 7.83. The smallest absolute Gasteiger partial charge is 0.212 e. The van der Waals surface area contributed by atoms with Gasteiger partial charge >= 0.3 is 0 Å². The molecule has 0 bridgehead atoms. The van der Waals surface area contributed by atoms with Gasteiger partial charge in [-0.25, -0.2) is 13.1 Å². The van der Waals surface area contributed by atoms with Gasteiger partial charge in [0.05, 0.1) is 5.75 Å². The van der Waals surface area contributed by atoms with Gasteiger partial charge in [-0.2, -0.15) is 0 Å². The molecule has 0 amide bonds. The third-order valence-corrected chi connectivity index (χ3v) is 3.66. The van der Waals surface area contributed by atoms with E-state index in [2.05, 4.69) is 10.0 Å². The molecule has 0 spiro atoms. The number of hydrogen-bond donors (Lipinski definition) is 2. The topological polar surface area (TPSA) is 67.4 Å². The molecule has 0 aromatic carbocycles. The molecule has 2 N–H and O–H groups in total. The van der Waals surface area contributed by atoms with Crippen molar-refractivity contribution in [1.29, 1.82) is 0 Å². The van der Waals surface area contributed by atoms with Crippen LogP contribution in [0.15, 0.2) is 0 Å². The van der Waals surface area contributed by atoms with Crippen LogP contribution in [-0.4, -0.2) is 47.0 Å². The zero-order chi connectivity index (χ0) is 13.1. The fraction of sp³-hybridized carbons (Fsp3) is 1.00. The van der Waals surface area contributed by atoms with Crippen LogP contribution in [0.5, 0.6) is 0 Å². The van der Waals surface area contributed by atoms with Crippen LogP contribution < -0.4 is 10.0 Å². The van der Waals surface area contributed by atoms with Crippen LogP contribution in [0.1, 0.15) is 33.1 Å². The van der Waals surface area contributed by atoms with Crippen molar-refractivity contribution in [2.24, 2.45) is 0 Å². The van der Waals surface area contributed by atoms with Crippen molar-refractivity contribution in [3.8, 4) is 0 Å². The molecule has 104 valence electrons. The van der Waals surface area contributed by atoms with Crippen LogP contribution in [-0.2, 0) is 14.8 Å². The van der Waals surface area contributed by atoms with Crippen molar-refractivity contribution >= 4 is 10.0 Å². The van der Waals surface area contributed by atoms with E-state index in [9.17, 15) is 8.42 Å². The highest BCUT2D eigenvalue weighted by atomic mass is 32.2. The minimum atomic E-state index is -3.11. The molecule has 17 heavy (non-hydrogen) atoms. The normalized spacial score (nSPS) is 12.2. The number of nitrogens with one attached hydrogen (secondary N) is 2. The van der Waals surface area contributed by atoms with E-state index in [4.69, 9.17) is 4.74 Å². The second-order valence-corrected chi connectivity index (χ2v) is 6.30. The highest BCUT2D eigenvalue weighted by molar-refractivity contribution is 7.89. The predicted octanol–water partition coefficient (Wildman–Crippen LogP) is 0.721. The van der Waals surface area contributed by atoms with Gasteiger partial charge in [-0.05, 0) is 19.3 Å². The van der Waals surface area contributed by atoms with Gasteiger partial charge in [0, 0.05) is 32.8 Å². The van der Waals surface area contributed by atoms with Crippen LogP contribution in [0.3, 0.4) is 0 Å². The number of unbranched alkanes of at least 4 members (excludes halogenated alkanes) is 2. The average Bonchev–Trinajstić information content (AvgIpc) is 2.22. The van der Waals surface area contributed by atoms with Crippen molar-refractivity contribution < 1.29 is 13.2 Å². The van der Waals surface area contributed by atoms with E-state index >= 15 is 0 Å². The summed E-state index contributed by atoms with van der Waals surface area (Å²) < 4.78 is 30.6. The summed E-state index contributed by atoms with van der Waals surface area (Å²) in [6.07, 6.45) is 2.83. The first-order valence-electron chi connectivity index (χ1n) is 6.17. The van der Waals surface area contributed by atoms with E-state index < -0.39 is 10.0 Å². The predicted molar refractivity (Wildman–Crippen MR) is 70.7 cm³/mol. The van der Waals surface area contributed by atoms with Crippen LogP contribution in [0, 0.1) is 0 Å². The maximum Gasteiger partial charge on any atom is 0.212 e. The van der Waals surface area contributed by atoms with Gasteiger partial charge < -0.3 is 10.1 Å². The first kappa shape index (κ1) is 16.8. The Morgan fingerprint density at radius 2 is 1.82 bits per heavy atom. The maximum atomic E-state index is 11.5. The van der Waals surface area contributed by atoms with Crippen LogP contribution in [0.2, 0.25) is 0 Å². The van der Waals surface area contributed by atoms with Crippen molar-refractivity contribution in [2.75, 3.05) is 32.6 Å². The summed E-state index contributed by atoms with van der Waals surface area (Å²) >= 11 is 0. The molecule has 5 nitrogen and oxygen atoms in total. The molecule has 0 unspecified atom stereocenters. The van der Waals surface area contributed by atoms with Gasteiger partial charge in [0.2, 0.25) is 10.0 Å². The summed E-state index contributed by atoms with van der Waals surface area (Å²) in [6, 6.07) is 0.319. The van der Waals surface area contributed by atoms with Crippen molar-refractivity contribution in [3.05, 3.63) is 0 Å². The molecule has 0 aliphatic rings. The van der Waals surface area contributed by atoms with E-state index in [1.807, 2.05) is 13.8 Å². The molecule has 0 aliphatic carbocycles. The summed E-state index contributed by atoms with van der Waals surface area (Å²) in [7, 11) is -1.44. The molecule has 0 radical (unpaired) electrons. The second-order valence-electron chi connectivity index (χ2n) is 4.38. The van der Waals surface area contributed by atoms with E-state index in [-0.39, 0.29) is 5.75 Å². The monoisotopic (exact) mass is 266 g/mol. The lowest BCUT2D eigenvalue weighted by molar-refractivity contribution is 0.192. The molecule has 0 atom stereocenters. The number of methoxy groups -OCH3 is 1. The lowest BCUT2D eigenvalue weighted by Gasteiger charge is -2.09. The van der Waals surface area contributed by atoms with E-state index in [1.165, 1.54) is 0 Å². The van der Waals surface area contributed by atoms with Gasteiger partial charge in [0.25, 0.3) is 0 Å². The lowest BCUT2D eigenvalue weighted by Crippen LogP contribution is -2.34. The zero-order valence-electron chi connectivity index (χ0n) is 11.2. The van der Waals surface area contributed by atoms with Gasteiger partial charge in [0.1, 0.15) is 0 Å². The number of ether oxygens (including phenoxy) is 1. The Bertz CT molecular complexity index is 266. The minimum absolute atomic E-state index is 0.142. The van der Waals surface area contributed by atoms with Crippen molar-refractivity contribution in [2.45, 2.75) is 39.2 Å². The van der Waals surface area contributed by atoms with Crippen molar-refractivity contribution in [1.82, 2.24) is 10.0 Å². The molecule has 0 heterocycles. The van der Waals surface area contributed by atoms with Gasteiger partial charge in [-0.15, -0.1) is 0 Å². The molecule has 0 aromatic heterocycles. The van der Waals surface area contributed by atoms with E-state index in [0.717, 1.165) is 25.9 Å². The van der Waals surface area contributed by atoms with E-state index in [1.54, 1.807) is 7.11 Å². The van der Waals surface area contributed by atoms with Crippen LogP contribution in [0.4, 0.5) is 0 Å². The molecule has 0 fully saturated rings. The Hall–Kier alpha value is -0.170. The summed E-state index contributed by atoms with van der Waals surface area (Å²) in [5, 5.41) is 3.08. The largest absolute Gasteiger partial charge is 0.385 e. The average molecular weight is 266 g/mol. The maximum absolute atomic E-state index is 11.5. The minimum Gasteiger partial charge on any atom is -0.385 e. The Kier molecular flexibility index (Phi) is 9.72. The molecule has 0 saturated heterocycles. The Morgan fingerprint density at radius 1 is 1.12 bits per heavy atom. The van der Waals surface area contributed by atoms with Crippen LogP contribution in [0.25, 0.3) is 0 Å². The van der Waals surface area contributed by atoms with E-state index in [0.29, 0.717) is 19.1 Å². The number of hydrogen-bond acceptors (Lipinski definition) is 4. The summed E-state index contributed by atoms with van der Waals surface area (Å²) in [4.78, 5) is 0. The third kappa shape index (κ3) is 12.1. The summed E-state index contributed by atoms with van der Waals surface area (Å²) in [6.45, 7) is 5.75. The van der Waals surface area contributed by atoms with Gasteiger partial charge in [-0.3, -0.25) is 0 Å². The molecule has 0 saturated carbocycles. The van der Waals surface area contributed by atoms with Crippen molar-refractivity contribution in [3.63, 3.8) is 0 Å². The molecular formula is C11H26N2O3S. The zero-order valence-corrected chi connectivity index (χ0v) is 12.0. The SMILES string of the molecule is COCCCCCNS(=O)(=O)CCNC(C)C. The number of sulfonamides is 1. The summed E-state index contributed by atoms with van der Waals surface area (Å²) in [5.74, 6) is 0.142. The van der Waals surface area contributed by atoms with Gasteiger partial charge in [0.15, 0.2) is 0 Å². The highest BCUT2D eigenvalue weighted by Crippen LogP contribution is 1.95. The standard InChI is InChI=1S/C11H26N2O3S/c1-11(2)12-8-10-17(14,15)13-7-5-4-6-9-16-3/h11-13H,4-10H2,1-3H3. The fourth-order valence-corrected chi connectivity index (χ4v) is 2.32. The first-order chi connectivity index (χ1) is 7.98. The van der Waals surface area contributed by atoms with Crippen LogP contribution >= 0.6 is 0 Å². The molecule has 6 heteroatoms. The fourth-order valence-electron chi connectivity index (χ4n) is 1.33. The molecule has 0 aliphatic heterocycles. The third-order valence-electron chi connectivity index (χ3n) is 2.27. The summed E-state index contributed by atoms with van der Waals surface area (Å²) in [5.41, 5.74) is 0. The second kappa shape index (κ2) is 9.82. The van der Waals surface area contributed by atoms with Gasteiger partial charge in [-0.1, -0.05) is 13.8 Å². The Balaban J connectivity index is 3.51. The molecule has 0 rings (SSSR count). The molecular weight excluding hydrogens is 240 g/mol.